The molecule has 25 heavy (non-hydrogen) atoms. The number of nitrogens with zero attached hydrogens (tertiary/aromatic N) is 3. The van der Waals surface area contributed by atoms with E-state index in [2.05, 4.69) is 34.3 Å². The number of halogens is 1. The van der Waals surface area contributed by atoms with Crippen molar-refractivity contribution in [2.45, 2.75) is 38.6 Å². The third-order valence-electron chi connectivity index (χ3n) is 5.17. The van der Waals surface area contributed by atoms with Crippen LogP contribution in [0, 0.1) is 5.92 Å². The van der Waals surface area contributed by atoms with Gasteiger partial charge in [0.05, 0.1) is 16.8 Å². The van der Waals surface area contributed by atoms with E-state index in [0.29, 0.717) is 28.2 Å². The molecule has 0 bridgehead atoms. The van der Waals surface area contributed by atoms with E-state index < -0.39 is 0 Å². The molecule has 1 aliphatic rings. The van der Waals surface area contributed by atoms with E-state index in [9.17, 15) is 4.79 Å². The van der Waals surface area contributed by atoms with Gasteiger partial charge in [-0.05, 0) is 64.8 Å². The predicted octanol–water partition coefficient (Wildman–Crippen LogP) is 4.02. The highest BCUT2D eigenvalue weighted by Gasteiger charge is 2.23. The fraction of sp³-hybridized carbons (Fsp3) is 0.526. The number of carbonyl (C=O) groups is 1. The van der Waals surface area contributed by atoms with Gasteiger partial charge < -0.3 is 10.2 Å². The average Bonchev–Trinajstić information content (AvgIpc) is 2.59. The van der Waals surface area contributed by atoms with Gasteiger partial charge in [-0.2, -0.15) is 0 Å². The van der Waals surface area contributed by atoms with Crippen molar-refractivity contribution in [1.29, 1.82) is 0 Å². The van der Waals surface area contributed by atoms with Crippen molar-refractivity contribution in [3.63, 3.8) is 0 Å². The molecule has 0 radical (unpaired) electrons. The van der Waals surface area contributed by atoms with Crippen LogP contribution in [0.5, 0.6) is 0 Å². The molecule has 2 heterocycles. The SMILES string of the molecule is CC(=O)c1cnc2ccc(Cl)nc2c1NC[C@H]1CC[C@H](N(C)C)CC1. The summed E-state index contributed by atoms with van der Waals surface area (Å²) in [7, 11) is 4.31. The zero-order valence-electron chi connectivity index (χ0n) is 15.1. The number of rotatable bonds is 5. The molecule has 0 atom stereocenters. The number of ketones is 1. The Labute approximate surface area is 153 Å². The molecule has 0 saturated heterocycles. The zero-order chi connectivity index (χ0) is 18.0. The van der Waals surface area contributed by atoms with Crippen molar-refractivity contribution in [1.82, 2.24) is 14.9 Å². The van der Waals surface area contributed by atoms with E-state index in [4.69, 9.17) is 11.6 Å². The Balaban J connectivity index is 1.79. The maximum Gasteiger partial charge on any atom is 0.163 e. The van der Waals surface area contributed by atoms with Crippen molar-refractivity contribution >= 4 is 34.1 Å². The zero-order valence-corrected chi connectivity index (χ0v) is 15.8. The van der Waals surface area contributed by atoms with Crippen LogP contribution >= 0.6 is 11.6 Å². The number of fused-ring (bicyclic) bond motifs is 1. The number of hydrogen-bond acceptors (Lipinski definition) is 5. The maximum absolute atomic E-state index is 12.0. The van der Waals surface area contributed by atoms with E-state index in [1.165, 1.54) is 25.7 Å². The first kappa shape index (κ1) is 18.1. The highest BCUT2D eigenvalue weighted by molar-refractivity contribution is 6.29. The number of nitrogens with one attached hydrogen (secondary N) is 1. The molecule has 0 amide bonds. The van der Waals surface area contributed by atoms with Gasteiger partial charge >= 0.3 is 0 Å². The summed E-state index contributed by atoms with van der Waals surface area (Å²) in [6.45, 7) is 2.40. The van der Waals surface area contributed by atoms with Crippen LogP contribution in [0.25, 0.3) is 11.0 Å². The summed E-state index contributed by atoms with van der Waals surface area (Å²) in [6.07, 6.45) is 6.47. The van der Waals surface area contributed by atoms with Crippen molar-refractivity contribution in [3.05, 3.63) is 29.0 Å². The minimum Gasteiger partial charge on any atom is -0.382 e. The molecule has 134 valence electrons. The van der Waals surface area contributed by atoms with Crippen LogP contribution in [0.15, 0.2) is 18.3 Å². The molecule has 1 saturated carbocycles. The minimum absolute atomic E-state index is 0.0185. The standard InChI is InChI=1S/C19H25ClN4O/c1-12(25)15-11-21-16-8-9-17(20)23-19(16)18(15)22-10-13-4-6-14(7-5-13)24(2)3/h8-9,11,13-14H,4-7,10H2,1-3H3,(H,21,22)/t13-,14-. The first-order chi connectivity index (χ1) is 12.0. The molecule has 0 unspecified atom stereocenters. The lowest BCUT2D eigenvalue weighted by molar-refractivity contribution is 0.101. The molecule has 2 aromatic heterocycles. The number of carbonyl (C=O) groups excluding carboxylic acids is 1. The first-order valence-electron chi connectivity index (χ1n) is 8.82. The lowest BCUT2D eigenvalue weighted by Gasteiger charge is -2.33. The van der Waals surface area contributed by atoms with Gasteiger partial charge in [0.1, 0.15) is 10.7 Å². The molecule has 0 aliphatic heterocycles. The average molecular weight is 361 g/mol. The van der Waals surface area contributed by atoms with Gasteiger partial charge in [0, 0.05) is 18.8 Å². The highest BCUT2D eigenvalue weighted by atomic mass is 35.5. The molecular weight excluding hydrogens is 336 g/mol. The van der Waals surface area contributed by atoms with Crippen molar-refractivity contribution in [3.8, 4) is 0 Å². The Morgan fingerprint density at radius 3 is 2.64 bits per heavy atom. The van der Waals surface area contributed by atoms with Gasteiger partial charge in [0.15, 0.2) is 5.78 Å². The van der Waals surface area contributed by atoms with Gasteiger partial charge in [0.25, 0.3) is 0 Å². The fourth-order valence-electron chi connectivity index (χ4n) is 3.60. The lowest BCUT2D eigenvalue weighted by Crippen LogP contribution is -2.33. The molecule has 0 aromatic carbocycles. The number of hydrogen-bond donors (Lipinski definition) is 1. The van der Waals surface area contributed by atoms with Gasteiger partial charge in [-0.25, -0.2) is 4.98 Å². The smallest absolute Gasteiger partial charge is 0.163 e. The summed E-state index contributed by atoms with van der Waals surface area (Å²) in [5.41, 5.74) is 2.74. The fourth-order valence-corrected chi connectivity index (χ4v) is 3.75. The summed E-state index contributed by atoms with van der Waals surface area (Å²) in [5.74, 6) is 0.591. The predicted molar refractivity (Wildman–Crippen MR) is 102 cm³/mol. The van der Waals surface area contributed by atoms with E-state index in [-0.39, 0.29) is 5.78 Å². The maximum atomic E-state index is 12.0. The molecule has 5 nitrogen and oxygen atoms in total. The second-order valence-corrected chi connectivity index (χ2v) is 7.51. The summed E-state index contributed by atoms with van der Waals surface area (Å²) in [6, 6.07) is 4.24. The lowest BCUT2D eigenvalue weighted by atomic mass is 9.85. The quantitative estimate of drug-likeness (QED) is 0.644. The molecule has 1 aliphatic carbocycles. The van der Waals surface area contributed by atoms with Gasteiger partial charge in [-0.1, -0.05) is 11.6 Å². The van der Waals surface area contributed by atoms with Crippen LogP contribution in [0.3, 0.4) is 0 Å². The molecule has 1 N–H and O–H groups in total. The van der Waals surface area contributed by atoms with Crippen molar-refractivity contribution < 1.29 is 4.79 Å². The van der Waals surface area contributed by atoms with Crippen LogP contribution in [-0.2, 0) is 0 Å². The Hall–Kier alpha value is -1.72. The molecule has 0 spiro atoms. The summed E-state index contributed by atoms with van der Waals surface area (Å²) in [5, 5.41) is 3.89. The Morgan fingerprint density at radius 2 is 2.00 bits per heavy atom. The molecule has 2 aromatic rings. The Morgan fingerprint density at radius 1 is 1.28 bits per heavy atom. The van der Waals surface area contributed by atoms with Crippen LogP contribution in [-0.4, -0.2) is 47.3 Å². The summed E-state index contributed by atoms with van der Waals surface area (Å²) >= 11 is 6.06. The van der Waals surface area contributed by atoms with Gasteiger partial charge in [-0.15, -0.1) is 0 Å². The molecule has 3 rings (SSSR count). The van der Waals surface area contributed by atoms with Gasteiger partial charge in [0.2, 0.25) is 0 Å². The Bertz CT molecular complexity index is 769. The monoisotopic (exact) mass is 360 g/mol. The van der Waals surface area contributed by atoms with Crippen LogP contribution < -0.4 is 5.32 Å². The summed E-state index contributed by atoms with van der Waals surface area (Å²) < 4.78 is 0. The van der Waals surface area contributed by atoms with Gasteiger partial charge in [-0.3, -0.25) is 9.78 Å². The minimum atomic E-state index is -0.0185. The Kier molecular flexibility index (Phi) is 5.54. The molecule has 6 heteroatoms. The second-order valence-electron chi connectivity index (χ2n) is 7.12. The highest BCUT2D eigenvalue weighted by Crippen LogP contribution is 2.30. The van der Waals surface area contributed by atoms with E-state index in [0.717, 1.165) is 17.7 Å². The number of pyridine rings is 2. The summed E-state index contributed by atoms with van der Waals surface area (Å²) in [4.78, 5) is 23.1. The largest absolute Gasteiger partial charge is 0.382 e. The second kappa shape index (κ2) is 7.67. The number of anilines is 1. The number of aromatic nitrogens is 2. The van der Waals surface area contributed by atoms with Crippen LogP contribution in [0.1, 0.15) is 43.0 Å². The van der Waals surface area contributed by atoms with Crippen molar-refractivity contribution in [2.24, 2.45) is 5.92 Å². The topological polar surface area (TPSA) is 58.1 Å². The first-order valence-corrected chi connectivity index (χ1v) is 9.20. The van der Waals surface area contributed by atoms with Crippen LogP contribution in [0.4, 0.5) is 5.69 Å². The van der Waals surface area contributed by atoms with Crippen LogP contribution in [0.2, 0.25) is 5.15 Å². The third kappa shape index (κ3) is 4.10. The van der Waals surface area contributed by atoms with E-state index >= 15 is 0 Å². The van der Waals surface area contributed by atoms with Crippen molar-refractivity contribution in [2.75, 3.05) is 26.0 Å². The van der Waals surface area contributed by atoms with E-state index in [1.54, 1.807) is 19.2 Å². The third-order valence-corrected chi connectivity index (χ3v) is 5.38. The molecular formula is C19H25ClN4O. The number of Topliss-reactive ketones (excluding diaryl/α,β-unsaturated/α-hetero) is 1. The normalized spacial score (nSPS) is 20.8. The van der Waals surface area contributed by atoms with E-state index in [1.807, 2.05) is 6.07 Å². The molecule has 1 fully saturated rings.